The van der Waals surface area contributed by atoms with E-state index in [-0.39, 0.29) is 38.3 Å². The first-order chi connectivity index (χ1) is 19.6. The summed E-state index contributed by atoms with van der Waals surface area (Å²) in [5.41, 5.74) is 0. The van der Waals surface area contributed by atoms with Crippen molar-refractivity contribution in [3.05, 3.63) is 0 Å². The molecule has 0 heterocycles. The number of amides is 3. The van der Waals surface area contributed by atoms with Gasteiger partial charge in [0, 0.05) is 19.4 Å². The number of unbranched alkanes of at least 4 members (excludes halogenated alkanes) is 9. The summed E-state index contributed by atoms with van der Waals surface area (Å²) in [4.78, 5) is 39.3. The minimum Gasteiger partial charge on any atom is -0.394 e. The number of nitrogens with one attached hydrogen (secondary N) is 2. The average Bonchev–Trinajstić information content (AvgIpc) is 2.97. The maximum atomic E-state index is 13.1. The topological polar surface area (TPSA) is 180 Å². The highest BCUT2D eigenvalue weighted by Gasteiger charge is 2.30. The van der Waals surface area contributed by atoms with Gasteiger partial charge in [0.2, 0.25) is 17.7 Å². The van der Waals surface area contributed by atoms with Crippen LogP contribution in [0.15, 0.2) is 0 Å². The van der Waals surface area contributed by atoms with Gasteiger partial charge in [-0.2, -0.15) is 0 Å². The van der Waals surface area contributed by atoms with E-state index in [1.54, 1.807) is 0 Å². The minimum absolute atomic E-state index is 0.0634. The number of aliphatic hydroxyl groups is 5. The fourth-order valence-electron chi connectivity index (χ4n) is 4.22. The van der Waals surface area contributed by atoms with Gasteiger partial charge in [-0.3, -0.25) is 14.4 Å². The molecule has 0 saturated carbocycles. The van der Waals surface area contributed by atoms with Crippen LogP contribution in [0.5, 0.6) is 0 Å². The molecule has 0 bridgehead atoms. The molecule has 0 aliphatic rings. The van der Waals surface area contributed by atoms with E-state index in [2.05, 4.69) is 29.4 Å². The van der Waals surface area contributed by atoms with Gasteiger partial charge in [0.25, 0.3) is 0 Å². The SMILES string of the molecule is C#CCN(CC#C)C(=O)[C@@H](CCC(=O)NCC(O)C(O)C(O)C(O)CO)NC(=O)CCCCCCCCCCCC. The van der Waals surface area contributed by atoms with Gasteiger partial charge >= 0.3 is 0 Å². The van der Waals surface area contributed by atoms with Crippen LogP contribution in [0.4, 0.5) is 0 Å². The average molecular weight is 582 g/mol. The molecule has 0 aromatic rings. The van der Waals surface area contributed by atoms with E-state index in [9.17, 15) is 34.8 Å². The molecular weight excluding hydrogens is 530 g/mol. The molecule has 0 aromatic carbocycles. The molecular formula is C30H51N3O8. The number of carbonyl (C=O) groups excluding carboxylic acids is 3. The van der Waals surface area contributed by atoms with E-state index in [1.165, 1.54) is 43.4 Å². The first-order valence-electron chi connectivity index (χ1n) is 14.7. The monoisotopic (exact) mass is 581 g/mol. The first kappa shape index (κ1) is 38.3. The molecule has 41 heavy (non-hydrogen) atoms. The van der Waals surface area contributed by atoms with E-state index in [0.717, 1.165) is 19.3 Å². The van der Waals surface area contributed by atoms with Gasteiger partial charge in [-0.15, -0.1) is 12.8 Å². The Kier molecular flexibility index (Phi) is 22.4. The second kappa shape index (κ2) is 24.0. The Morgan fingerprint density at radius 1 is 0.756 bits per heavy atom. The Bertz CT molecular complexity index is 810. The standard InChI is InChI=1S/C30H51N3O8/c1-4-7-8-9-10-11-12-13-14-15-16-27(38)32-23(30(41)33(19-5-2)20-6-3)17-18-26(37)31-21-24(35)28(39)29(40)25(36)22-34/h2-3,23-25,28-29,34-36,39-40H,4,7-22H2,1H3,(H,31,37)(H,32,38)/t23-,24?,25?,28?,29?/m1/s1. The molecule has 0 aliphatic carbocycles. The first-order valence-corrected chi connectivity index (χ1v) is 14.7. The van der Waals surface area contributed by atoms with Gasteiger partial charge in [-0.25, -0.2) is 0 Å². The summed E-state index contributed by atoms with van der Waals surface area (Å²) in [6.07, 6.45) is 15.0. The van der Waals surface area contributed by atoms with Crippen molar-refractivity contribution in [1.82, 2.24) is 15.5 Å². The summed E-state index contributed by atoms with van der Waals surface area (Å²) < 4.78 is 0. The number of hydrogen-bond acceptors (Lipinski definition) is 8. The number of carbonyl (C=O) groups is 3. The number of aliphatic hydroxyl groups excluding tert-OH is 5. The second-order valence-electron chi connectivity index (χ2n) is 10.3. The predicted octanol–water partition coefficient (Wildman–Crippen LogP) is 0.210. The Hall–Kier alpha value is -2.67. The third kappa shape index (κ3) is 17.7. The van der Waals surface area contributed by atoms with E-state index in [4.69, 9.17) is 18.0 Å². The number of hydrogen-bond donors (Lipinski definition) is 7. The normalized spacial score (nSPS) is 14.5. The minimum atomic E-state index is -1.82. The lowest BCUT2D eigenvalue weighted by molar-refractivity contribution is -0.136. The Morgan fingerprint density at radius 2 is 1.27 bits per heavy atom. The van der Waals surface area contributed by atoms with Crippen LogP contribution < -0.4 is 10.6 Å². The molecule has 4 unspecified atom stereocenters. The van der Waals surface area contributed by atoms with Crippen LogP contribution in [-0.4, -0.2) is 105 Å². The van der Waals surface area contributed by atoms with Crippen molar-refractivity contribution in [3.63, 3.8) is 0 Å². The van der Waals surface area contributed by atoms with Crippen molar-refractivity contribution in [2.24, 2.45) is 0 Å². The molecule has 0 radical (unpaired) electrons. The molecule has 0 spiro atoms. The van der Waals surface area contributed by atoms with Crippen molar-refractivity contribution in [2.75, 3.05) is 26.2 Å². The Labute approximate surface area is 245 Å². The zero-order valence-electron chi connectivity index (χ0n) is 24.5. The highest BCUT2D eigenvalue weighted by molar-refractivity contribution is 5.88. The van der Waals surface area contributed by atoms with Crippen molar-refractivity contribution >= 4 is 17.7 Å². The van der Waals surface area contributed by atoms with Gasteiger partial charge in [0.1, 0.15) is 24.4 Å². The van der Waals surface area contributed by atoms with Gasteiger partial charge < -0.3 is 41.1 Å². The summed E-state index contributed by atoms with van der Waals surface area (Å²) in [5.74, 6) is 3.29. The van der Waals surface area contributed by atoms with E-state index < -0.39 is 55.4 Å². The van der Waals surface area contributed by atoms with Crippen LogP contribution in [0, 0.1) is 24.7 Å². The fourth-order valence-corrected chi connectivity index (χ4v) is 4.22. The molecule has 0 fully saturated rings. The molecule has 0 saturated heterocycles. The zero-order valence-corrected chi connectivity index (χ0v) is 24.5. The van der Waals surface area contributed by atoms with E-state index in [0.29, 0.717) is 6.42 Å². The zero-order chi connectivity index (χ0) is 31.0. The quantitative estimate of drug-likeness (QED) is 0.0624. The highest BCUT2D eigenvalue weighted by Crippen LogP contribution is 2.12. The summed E-state index contributed by atoms with van der Waals surface area (Å²) in [6, 6.07) is -1.05. The molecule has 0 aliphatic heterocycles. The lowest BCUT2D eigenvalue weighted by Crippen LogP contribution is -2.50. The molecule has 11 nitrogen and oxygen atoms in total. The summed E-state index contributed by atoms with van der Waals surface area (Å²) in [7, 11) is 0. The van der Waals surface area contributed by atoms with Gasteiger partial charge in [-0.05, 0) is 12.8 Å². The van der Waals surface area contributed by atoms with Crippen LogP contribution in [-0.2, 0) is 14.4 Å². The van der Waals surface area contributed by atoms with Crippen LogP contribution >= 0.6 is 0 Å². The summed E-state index contributed by atoms with van der Waals surface area (Å²) in [6.45, 7) is 0.784. The molecule has 0 aromatic heterocycles. The van der Waals surface area contributed by atoms with Gasteiger partial charge in [0.05, 0.1) is 25.8 Å². The Morgan fingerprint density at radius 3 is 1.78 bits per heavy atom. The fraction of sp³-hybridized carbons (Fsp3) is 0.767. The largest absolute Gasteiger partial charge is 0.394 e. The van der Waals surface area contributed by atoms with Gasteiger partial charge in [0.15, 0.2) is 0 Å². The van der Waals surface area contributed by atoms with Gasteiger partial charge in [-0.1, -0.05) is 76.6 Å². The third-order valence-corrected chi connectivity index (χ3v) is 6.76. The molecule has 3 amide bonds. The molecule has 234 valence electrons. The maximum Gasteiger partial charge on any atom is 0.246 e. The molecule has 11 heteroatoms. The Balaban J connectivity index is 4.83. The van der Waals surface area contributed by atoms with Crippen LogP contribution in [0.3, 0.4) is 0 Å². The van der Waals surface area contributed by atoms with Crippen molar-refractivity contribution in [1.29, 1.82) is 0 Å². The predicted molar refractivity (Wildman–Crippen MR) is 156 cm³/mol. The lowest BCUT2D eigenvalue weighted by atomic mass is 10.0. The smallest absolute Gasteiger partial charge is 0.246 e. The summed E-state index contributed by atoms with van der Waals surface area (Å²) in [5, 5.41) is 52.9. The number of rotatable bonds is 24. The lowest BCUT2D eigenvalue weighted by Gasteiger charge is -2.26. The molecule has 7 N–H and O–H groups in total. The van der Waals surface area contributed by atoms with E-state index >= 15 is 0 Å². The van der Waals surface area contributed by atoms with E-state index in [1.807, 2.05) is 0 Å². The number of nitrogens with zero attached hydrogens (tertiary/aromatic N) is 1. The molecule has 0 rings (SSSR count). The van der Waals surface area contributed by atoms with Crippen molar-refractivity contribution in [2.45, 2.75) is 121 Å². The van der Waals surface area contributed by atoms with Crippen molar-refractivity contribution in [3.8, 4) is 24.7 Å². The highest BCUT2D eigenvalue weighted by atomic mass is 16.4. The van der Waals surface area contributed by atoms with Crippen LogP contribution in [0.2, 0.25) is 0 Å². The van der Waals surface area contributed by atoms with Crippen LogP contribution in [0.25, 0.3) is 0 Å². The molecule has 5 atom stereocenters. The number of terminal acetylenes is 2. The van der Waals surface area contributed by atoms with Crippen molar-refractivity contribution < 1.29 is 39.9 Å². The maximum absolute atomic E-state index is 13.1. The summed E-state index contributed by atoms with van der Waals surface area (Å²) >= 11 is 0. The second-order valence-corrected chi connectivity index (χ2v) is 10.3. The third-order valence-electron chi connectivity index (χ3n) is 6.76. The van der Waals surface area contributed by atoms with Crippen LogP contribution in [0.1, 0.15) is 90.4 Å².